The lowest BCUT2D eigenvalue weighted by Gasteiger charge is -2.05. The normalized spacial score (nSPS) is 10.8. The summed E-state index contributed by atoms with van der Waals surface area (Å²) in [5, 5.41) is 8.55. The van der Waals surface area contributed by atoms with E-state index in [1.807, 2.05) is 0 Å². The quantitative estimate of drug-likeness (QED) is 0.734. The van der Waals surface area contributed by atoms with Gasteiger partial charge in [0.1, 0.15) is 0 Å². The highest BCUT2D eigenvalue weighted by atomic mass is 19.3. The maximum Gasteiger partial charge on any atom is 0.284 e. The molecule has 1 aromatic heterocycles. The van der Waals surface area contributed by atoms with Crippen LogP contribution in [0, 0.1) is 5.82 Å². The van der Waals surface area contributed by atoms with Crippen LogP contribution in [0.2, 0.25) is 0 Å². The lowest BCUT2D eigenvalue weighted by atomic mass is 10.1. The number of H-pyrrole nitrogens is 1. The molecule has 0 saturated carbocycles. The van der Waals surface area contributed by atoms with Crippen LogP contribution >= 0.6 is 0 Å². The van der Waals surface area contributed by atoms with Gasteiger partial charge in [-0.15, -0.1) is 0 Å². The summed E-state index contributed by atoms with van der Waals surface area (Å²) in [4.78, 5) is 12.4. The summed E-state index contributed by atoms with van der Waals surface area (Å²) in [6.07, 6.45) is -2.23. The van der Waals surface area contributed by atoms with E-state index in [4.69, 9.17) is 5.11 Å². The smallest absolute Gasteiger partial charge is 0.284 e. The number of hydrogen-bond acceptors (Lipinski definition) is 2. The van der Waals surface area contributed by atoms with Crippen molar-refractivity contribution < 1.29 is 18.3 Å². The summed E-state index contributed by atoms with van der Waals surface area (Å²) in [6.45, 7) is -0.921. The van der Waals surface area contributed by atoms with Crippen LogP contribution in [0.3, 0.4) is 0 Å². The van der Waals surface area contributed by atoms with Crippen molar-refractivity contribution in [3.63, 3.8) is 0 Å². The fourth-order valence-electron chi connectivity index (χ4n) is 0.913. The first kappa shape index (κ1) is 9.79. The lowest BCUT2D eigenvalue weighted by molar-refractivity contribution is 0.145. The van der Waals surface area contributed by atoms with Crippen LogP contribution in [0.4, 0.5) is 13.2 Å². The van der Waals surface area contributed by atoms with Crippen LogP contribution in [0.1, 0.15) is 17.6 Å². The molecule has 0 unspecified atom stereocenters. The third-order valence-electron chi connectivity index (χ3n) is 1.56. The predicted molar refractivity (Wildman–Crippen MR) is 37.9 cm³/mol. The molecule has 0 radical (unpaired) electrons. The van der Waals surface area contributed by atoms with Crippen molar-refractivity contribution in [1.82, 2.24) is 4.98 Å². The fraction of sp³-hybridized carbons (Fsp3) is 0.286. The largest absolute Gasteiger partial charge is 0.392 e. The van der Waals surface area contributed by atoms with Crippen molar-refractivity contribution in [2.75, 3.05) is 0 Å². The number of hydrogen-bond donors (Lipinski definition) is 2. The summed E-state index contributed by atoms with van der Waals surface area (Å²) in [5.74, 6) is -1.36. The van der Waals surface area contributed by atoms with E-state index in [2.05, 4.69) is 0 Å². The summed E-state index contributed by atoms with van der Waals surface area (Å²) in [6, 6.07) is 0. The number of aromatic nitrogens is 1. The van der Waals surface area contributed by atoms with Crippen molar-refractivity contribution in [3.8, 4) is 0 Å². The van der Waals surface area contributed by atoms with Crippen molar-refractivity contribution in [2.24, 2.45) is 0 Å². The van der Waals surface area contributed by atoms with Crippen LogP contribution in [0.5, 0.6) is 0 Å². The monoisotopic (exact) mass is 193 g/mol. The fourth-order valence-corrected chi connectivity index (χ4v) is 0.913. The number of pyridine rings is 1. The Hall–Kier alpha value is -1.30. The van der Waals surface area contributed by atoms with E-state index in [-0.39, 0.29) is 0 Å². The molecule has 13 heavy (non-hydrogen) atoms. The first-order valence-corrected chi connectivity index (χ1v) is 3.37. The van der Waals surface area contributed by atoms with E-state index in [0.29, 0.717) is 6.20 Å². The molecule has 0 fully saturated rings. The van der Waals surface area contributed by atoms with Gasteiger partial charge in [-0.3, -0.25) is 4.79 Å². The van der Waals surface area contributed by atoms with Gasteiger partial charge in [0.25, 0.3) is 12.0 Å². The molecule has 1 rings (SSSR count). The molecule has 0 aliphatic rings. The zero-order valence-electron chi connectivity index (χ0n) is 6.35. The molecule has 1 aromatic rings. The highest BCUT2D eigenvalue weighted by molar-refractivity contribution is 5.25. The average Bonchev–Trinajstić information content (AvgIpc) is 2.09. The van der Waals surface area contributed by atoms with E-state index in [1.54, 1.807) is 4.98 Å². The second-order valence-corrected chi connectivity index (χ2v) is 2.32. The Morgan fingerprint density at radius 1 is 1.54 bits per heavy atom. The van der Waals surface area contributed by atoms with Crippen molar-refractivity contribution >= 4 is 0 Å². The van der Waals surface area contributed by atoms with Crippen LogP contribution in [0.15, 0.2) is 11.0 Å². The summed E-state index contributed by atoms with van der Waals surface area (Å²) in [5.41, 5.74) is -2.47. The number of alkyl halides is 2. The van der Waals surface area contributed by atoms with Crippen molar-refractivity contribution in [3.05, 3.63) is 33.5 Å². The molecule has 0 bridgehead atoms. The predicted octanol–water partition coefficient (Wildman–Crippen LogP) is 0.944. The molecule has 1 heterocycles. The van der Waals surface area contributed by atoms with Gasteiger partial charge in [0, 0.05) is 17.3 Å². The highest BCUT2D eigenvalue weighted by Gasteiger charge is 2.18. The Labute approximate surface area is 70.8 Å². The summed E-state index contributed by atoms with van der Waals surface area (Å²) < 4.78 is 37.0. The first-order valence-electron chi connectivity index (χ1n) is 3.37. The Balaban J connectivity index is 3.38. The van der Waals surface area contributed by atoms with E-state index < -0.39 is 35.5 Å². The standard InChI is InChI=1S/C7H6F3NO2/c8-5-4(2-12)3(6(9)10)1-11-7(5)13/h1,6,12H,2H2,(H,11,13). The molecule has 0 atom stereocenters. The van der Waals surface area contributed by atoms with Gasteiger partial charge in [0.05, 0.1) is 6.61 Å². The second kappa shape index (κ2) is 3.61. The SMILES string of the molecule is O=c1[nH]cc(C(F)F)c(CO)c1F. The Kier molecular flexibility index (Phi) is 2.72. The maximum atomic E-state index is 12.8. The van der Waals surface area contributed by atoms with E-state index >= 15 is 0 Å². The number of halogens is 3. The van der Waals surface area contributed by atoms with Gasteiger partial charge in [0.2, 0.25) is 0 Å². The average molecular weight is 193 g/mol. The Morgan fingerprint density at radius 3 is 2.62 bits per heavy atom. The van der Waals surface area contributed by atoms with Gasteiger partial charge in [-0.2, -0.15) is 0 Å². The summed E-state index contributed by atoms with van der Waals surface area (Å²) >= 11 is 0. The molecule has 0 saturated heterocycles. The van der Waals surface area contributed by atoms with Gasteiger partial charge in [-0.1, -0.05) is 0 Å². The number of aliphatic hydroxyl groups is 1. The second-order valence-electron chi connectivity index (χ2n) is 2.32. The minimum atomic E-state index is -2.92. The molecule has 0 aliphatic heterocycles. The van der Waals surface area contributed by atoms with Crippen LogP contribution < -0.4 is 5.56 Å². The Morgan fingerprint density at radius 2 is 2.15 bits per heavy atom. The number of aromatic amines is 1. The van der Waals surface area contributed by atoms with Crippen LogP contribution in [-0.2, 0) is 6.61 Å². The minimum absolute atomic E-state index is 0.654. The number of rotatable bonds is 2. The molecule has 0 amide bonds. The van der Waals surface area contributed by atoms with Crippen LogP contribution in [0.25, 0.3) is 0 Å². The first-order chi connectivity index (χ1) is 6.07. The molecule has 72 valence electrons. The molecule has 3 nitrogen and oxygen atoms in total. The molecule has 0 aliphatic carbocycles. The highest BCUT2D eigenvalue weighted by Crippen LogP contribution is 2.22. The molecule has 2 N–H and O–H groups in total. The van der Waals surface area contributed by atoms with E-state index in [1.165, 1.54) is 0 Å². The van der Waals surface area contributed by atoms with Crippen molar-refractivity contribution in [1.29, 1.82) is 0 Å². The van der Waals surface area contributed by atoms with E-state index in [0.717, 1.165) is 0 Å². The Bertz CT molecular complexity index is 361. The topological polar surface area (TPSA) is 53.1 Å². The molecule has 6 heteroatoms. The van der Waals surface area contributed by atoms with Gasteiger partial charge < -0.3 is 10.1 Å². The van der Waals surface area contributed by atoms with Gasteiger partial charge in [0.15, 0.2) is 5.82 Å². The zero-order chi connectivity index (χ0) is 10.0. The van der Waals surface area contributed by atoms with Crippen molar-refractivity contribution in [2.45, 2.75) is 13.0 Å². The summed E-state index contributed by atoms with van der Waals surface area (Å²) in [7, 11) is 0. The van der Waals surface area contributed by atoms with Gasteiger partial charge >= 0.3 is 0 Å². The molecular formula is C7H6F3NO2. The van der Waals surface area contributed by atoms with Gasteiger partial charge in [-0.25, -0.2) is 13.2 Å². The molecule has 0 spiro atoms. The molecular weight excluding hydrogens is 187 g/mol. The van der Waals surface area contributed by atoms with Crippen LogP contribution in [-0.4, -0.2) is 10.1 Å². The zero-order valence-corrected chi connectivity index (χ0v) is 6.35. The van der Waals surface area contributed by atoms with E-state index in [9.17, 15) is 18.0 Å². The molecule has 0 aromatic carbocycles. The number of nitrogens with one attached hydrogen (secondary N) is 1. The lowest BCUT2D eigenvalue weighted by Crippen LogP contribution is -2.15. The third-order valence-corrected chi connectivity index (χ3v) is 1.56. The minimum Gasteiger partial charge on any atom is -0.392 e. The maximum absolute atomic E-state index is 12.8. The number of aliphatic hydroxyl groups excluding tert-OH is 1. The third kappa shape index (κ3) is 1.72. The van der Waals surface area contributed by atoms with Gasteiger partial charge in [-0.05, 0) is 0 Å².